The highest BCUT2D eigenvalue weighted by molar-refractivity contribution is 9.10. The Morgan fingerprint density at radius 2 is 1.74 bits per heavy atom. The van der Waals surface area contributed by atoms with Crippen molar-refractivity contribution < 1.29 is 0 Å². The lowest BCUT2D eigenvalue weighted by molar-refractivity contribution is 0.814. The molecule has 1 heterocycles. The summed E-state index contributed by atoms with van der Waals surface area (Å²) < 4.78 is 1.12. The summed E-state index contributed by atoms with van der Waals surface area (Å²) in [6.07, 6.45) is 0. The van der Waals surface area contributed by atoms with E-state index in [2.05, 4.69) is 63.3 Å². The van der Waals surface area contributed by atoms with Crippen LogP contribution in [-0.4, -0.2) is 0 Å². The third kappa shape index (κ3) is 2.40. The number of nitrogens with zero attached hydrogens (tertiary/aromatic N) is 1. The predicted molar refractivity (Wildman–Crippen MR) is 83.1 cm³/mol. The van der Waals surface area contributed by atoms with Crippen LogP contribution < -0.4 is 10.6 Å². The van der Waals surface area contributed by atoms with Crippen molar-refractivity contribution in [3.05, 3.63) is 63.6 Å². The van der Waals surface area contributed by atoms with Crippen LogP contribution in [-0.2, 0) is 13.1 Å². The minimum Gasteiger partial charge on any atom is -0.362 e. The molecule has 0 saturated carbocycles. The second-order valence-corrected chi connectivity index (χ2v) is 5.98. The Labute approximate surface area is 122 Å². The van der Waals surface area contributed by atoms with Crippen molar-refractivity contribution in [2.75, 3.05) is 4.90 Å². The van der Waals surface area contributed by atoms with E-state index in [1.807, 2.05) is 6.92 Å². The summed E-state index contributed by atoms with van der Waals surface area (Å²) in [6, 6.07) is 15.1. The number of hydrogen-bond acceptors (Lipinski definition) is 2. The largest absolute Gasteiger partial charge is 0.362 e. The maximum absolute atomic E-state index is 5.92. The Hall–Kier alpha value is -1.32. The fraction of sp³-hybridized carbons (Fsp3) is 0.250. The molecule has 0 radical (unpaired) electrons. The normalized spacial score (nSPS) is 15.4. The molecule has 1 aliphatic rings. The molecule has 3 heteroatoms. The van der Waals surface area contributed by atoms with Crippen LogP contribution in [0.3, 0.4) is 0 Å². The Kier molecular flexibility index (Phi) is 3.33. The van der Waals surface area contributed by atoms with Crippen molar-refractivity contribution in [1.82, 2.24) is 0 Å². The number of benzene rings is 2. The van der Waals surface area contributed by atoms with Gasteiger partial charge in [-0.2, -0.15) is 0 Å². The molecule has 0 spiro atoms. The van der Waals surface area contributed by atoms with Gasteiger partial charge in [-0.1, -0.05) is 30.3 Å². The molecule has 19 heavy (non-hydrogen) atoms. The van der Waals surface area contributed by atoms with Gasteiger partial charge in [-0.3, -0.25) is 0 Å². The van der Waals surface area contributed by atoms with E-state index in [4.69, 9.17) is 5.73 Å². The zero-order chi connectivity index (χ0) is 13.4. The van der Waals surface area contributed by atoms with Gasteiger partial charge in [-0.25, -0.2) is 0 Å². The fourth-order valence-corrected chi connectivity index (χ4v) is 3.21. The van der Waals surface area contributed by atoms with E-state index in [9.17, 15) is 0 Å². The molecule has 0 amide bonds. The van der Waals surface area contributed by atoms with Gasteiger partial charge in [0.25, 0.3) is 0 Å². The Morgan fingerprint density at radius 3 is 2.26 bits per heavy atom. The van der Waals surface area contributed by atoms with Crippen molar-refractivity contribution in [3.8, 4) is 0 Å². The topological polar surface area (TPSA) is 29.3 Å². The maximum Gasteiger partial charge on any atom is 0.0516 e. The van der Waals surface area contributed by atoms with Crippen LogP contribution in [0.25, 0.3) is 0 Å². The maximum atomic E-state index is 5.92. The lowest BCUT2D eigenvalue weighted by Gasteiger charge is -2.20. The standard InChI is InChI=1S/C16H17BrN2/c1-11(18)12-6-7-16(15(17)8-12)19-9-13-4-2-3-5-14(13)10-19/h2-8,11H,9-10,18H2,1H3. The lowest BCUT2D eigenvalue weighted by Crippen LogP contribution is -2.15. The second-order valence-electron chi connectivity index (χ2n) is 5.12. The molecule has 2 aromatic rings. The van der Waals surface area contributed by atoms with Gasteiger partial charge in [0, 0.05) is 23.6 Å². The molecular formula is C16H17BrN2. The van der Waals surface area contributed by atoms with Gasteiger partial charge in [-0.15, -0.1) is 0 Å². The summed E-state index contributed by atoms with van der Waals surface area (Å²) in [5.74, 6) is 0. The Balaban J connectivity index is 1.89. The van der Waals surface area contributed by atoms with Gasteiger partial charge in [0.2, 0.25) is 0 Å². The summed E-state index contributed by atoms with van der Waals surface area (Å²) in [7, 11) is 0. The molecular weight excluding hydrogens is 300 g/mol. The summed E-state index contributed by atoms with van der Waals surface area (Å²) in [5.41, 5.74) is 11.2. The lowest BCUT2D eigenvalue weighted by atomic mass is 10.1. The van der Waals surface area contributed by atoms with Gasteiger partial charge in [-0.05, 0) is 51.7 Å². The SMILES string of the molecule is CC(N)c1ccc(N2Cc3ccccc3C2)c(Br)c1. The molecule has 1 unspecified atom stereocenters. The first-order valence-electron chi connectivity index (χ1n) is 6.52. The number of rotatable bonds is 2. The third-order valence-corrected chi connectivity index (χ3v) is 4.31. The zero-order valence-corrected chi connectivity index (χ0v) is 12.5. The molecule has 0 aliphatic carbocycles. The highest BCUT2D eigenvalue weighted by atomic mass is 79.9. The van der Waals surface area contributed by atoms with Crippen LogP contribution in [0.15, 0.2) is 46.9 Å². The average molecular weight is 317 g/mol. The van der Waals surface area contributed by atoms with Gasteiger partial charge in [0.15, 0.2) is 0 Å². The molecule has 1 atom stereocenters. The van der Waals surface area contributed by atoms with Crippen molar-refractivity contribution in [1.29, 1.82) is 0 Å². The van der Waals surface area contributed by atoms with Crippen LogP contribution >= 0.6 is 15.9 Å². The average Bonchev–Trinajstić information content (AvgIpc) is 2.81. The van der Waals surface area contributed by atoms with Gasteiger partial charge < -0.3 is 10.6 Å². The van der Waals surface area contributed by atoms with E-state index in [-0.39, 0.29) is 6.04 Å². The molecule has 2 aromatic carbocycles. The Morgan fingerprint density at radius 1 is 1.11 bits per heavy atom. The molecule has 1 aliphatic heterocycles. The smallest absolute Gasteiger partial charge is 0.0516 e. The van der Waals surface area contributed by atoms with Gasteiger partial charge in [0.05, 0.1) is 5.69 Å². The zero-order valence-electron chi connectivity index (χ0n) is 10.9. The van der Waals surface area contributed by atoms with E-state index in [1.54, 1.807) is 0 Å². The summed E-state index contributed by atoms with van der Waals surface area (Å²) in [5, 5.41) is 0. The minimum absolute atomic E-state index is 0.0705. The number of fused-ring (bicyclic) bond motifs is 1. The summed E-state index contributed by atoms with van der Waals surface area (Å²) in [4.78, 5) is 2.39. The molecule has 0 aromatic heterocycles. The van der Waals surface area contributed by atoms with Crippen LogP contribution in [0.1, 0.15) is 29.7 Å². The quantitative estimate of drug-likeness (QED) is 0.907. The first kappa shape index (κ1) is 12.7. The van der Waals surface area contributed by atoms with Crippen molar-refractivity contribution in [3.63, 3.8) is 0 Å². The van der Waals surface area contributed by atoms with Crippen LogP contribution in [0.2, 0.25) is 0 Å². The third-order valence-electron chi connectivity index (χ3n) is 3.68. The first-order chi connectivity index (χ1) is 9.15. The first-order valence-corrected chi connectivity index (χ1v) is 7.31. The number of halogens is 1. The number of anilines is 1. The van der Waals surface area contributed by atoms with Gasteiger partial charge in [0.1, 0.15) is 0 Å². The number of hydrogen-bond donors (Lipinski definition) is 1. The van der Waals surface area contributed by atoms with E-state index in [0.717, 1.165) is 23.1 Å². The van der Waals surface area contributed by atoms with E-state index < -0.39 is 0 Å². The van der Waals surface area contributed by atoms with Crippen molar-refractivity contribution >= 4 is 21.6 Å². The summed E-state index contributed by atoms with van der Waals surface area (Å²) in [6.45, 7) is 3.96. The van der Waals surface area contributed by atoms with Crippen molar-refractivity contribution in [2.45, 2.75) is 26.1 Å². The highest BCUT2D eigenvalue weighted by Gasteiger charge is 2.20. The van der Waals surface area contributed by atoms with Crippen LogP contribution in [0.4, 0.5) is 5.69 Å². The monoisotopic (exact) mass is 316 g/mol. The molecule has 3 rings (SSSR count). The fourth-order valence-electron chi connectivity index (χ4n) is 2.57. The molecule has 0 bridgehead atoms. The van der Waals surface area contributed by atoms with Crippen LogP contribution in [0.5, 0.6) is 0 Å². The predicted octanol–water partition coefficient (Wildman–Crippen LogP) is 3.99. The number of nitrogens with two attached hydrogens (primary N) is 1. The Bertz CT molecular complexity index is 582. The molecule has 98 valence electrons. The molecule has 0 saturated heterocycles. The minimum atomic E-state index is 0.0705. The molecule has 0 fully saturated rings. The van der Waals surface area contributed by atoms with Gasteiger partial charge >= 0.3 is 0 Å². The van der Waals surface area contributed by atoms with E-state index in [1.165, 1.54) is 16.8 Å². The second kappa shape index (κ2) is 4.99. The highest BCUT2D eigenvalue weighted by Crippen LogP contribution is 2.34. The van der Waals surface area contributed by atoms with Crippen LogP contribution in [0, 0.1) is 0 Å². The molecule has 2 nitrogen and oxygen atoms in total. The molecule has 2 N–H and O–H groups in total. The van der Waals surface area contributed by atoms with E-state index in [0.29, 0.717) is 0 Å². The van der Waals surface area contributed by atoms with E-state index >= 15 is 0 Å². The van der Waals surface area contributed by atoms with Crippen molar-refractivity contribution in [2.24, 2.45) is 5.73 Å². The summed E-state index contributed by atoms with van der Waals surface area (Å²) >= 11 is 3.67.